The summed E-state index contributed by atoms with van der Waals surface area (Å²) in [6, 6.07) is 13.2. The highest BCUT2D eigenvalue weighted by molar-refractivity contribution is 5.93. The highest BCUT2D eigenvalue weighted by Crippen LogP contribution is 2.31. The summed E-state index contributed by atoms with van der Waals surface area (Å²) in [5, 5.41) is 47.4. The van der Waals surface area contributed by atoms with Crippen LogP contribution in [0.1, 0.15) is 45.7 Å². The number of hydrogen-bond acceptors (Lipinski definition) is 8. The minimum absolute atomic E-state index is 0.0699. The van der Waals surface area contributed by atoms with E-state index in [4.69, 9.17) is 10.2 Å². The molecule has 0 bridgehead atoms. The lowest BCUT2D eigenvalue weighted by molar-refractivity contribution is 0.0680. The topological polar surface area (TPSA) is 204 Å². The normalized spacial score (nSPS) is 10.1. The second kappa shape index (κ2) is 13.1. The number of anilines is 1. The van der Waals surface area contributed by atoms with E-state index in [1.54, 1.807) is 38.1 Å². The van der Waals surface area contributed by atoms with Crippen LogP contribution in [-0.2, 0) is 6.42 Å². The molecule has 0 saturated carbocycles. The Balaban J connectivity index is 0.000000238. The lowest BCUT2D eigenvalue weighted by atomic mass is 10.0. The molecule has 12 heteroatoms. The third-order valence-electron chi connectivity index (χ3n) is 6.34. The van der Waals surface area contributed by atoms with Crippen LogP contribution in [-0.4, -0.2) is 61.5 Å². The number of carboxylic acids is 2. The first-order chi connectivity index (χ1) is 20.3. The average molecular weight is 588 g/mol. The first kappa shape index (κ1) is 31.6. The standard InChI is InChI=1S/C17H16N2O4.C14H13NO5/c1-4-5-12-14(10-6-8-11(9-7-10)19(2)3)18-16(21)13(15(12)20)17(22)23;1-2-9-11(7-3-5-8(16)6-4-7)15-13(18)10(12(9)17)14(19)20/h6-9H,1-3H3,(H,22,23)(H2,18,20,21);3-6,16H,2H2,1H3,(H,19,20)(H2,15,17,18). The summed E-state index contributed by atoms with van der Waals surface area (Å²) in [6.07, 6.45) is 0.346. The molecular formula is C31H29N3O9. The number of pyridine rings is 2. The third kappa shape index (κ3) is 6.68. The summed E-state index contributed by atoms with van der Waals surface area (Å²) in [6.45, 7) is 3.30. The molecule has 0 amide bonds. The van der Waals surface area contributed by atoms with Gasteiger partial charge < -0.3 is 40.4 Å². The summed E-state index contributed by atoms with van der Waals surface area (Å²) < 4.78 is 0. The monoisotopic (exact) mass is 587 g/mol. The second-order valence-electron chi connectivity index (χ2n) is 9.29. The zero-order valence-corrected chi connectivity index (χ0v) is 23.6. The fraction of sp³-hybridized carbons (Fsp3) is 0.161. The molecule has 0 aliphatic heterocycles. The number of nitrogens with one attached hydrogen (secondary N) is 2. The largest absolute Gasteiger partial charge is 0.508 e. The predicted octanol–water partition coefficient (Wildman–Crippen LogP) is 3.60. The molecule has 4 rings (SSSR count). The van der Waals surface area contributed by atoms with Gasteiger partial charge in [-0.3, -0.25) is 9.59 Å². The van der Waals surface area contributed by atoms with Crippen molar-refractivity contribution in [1.82, 2.24) is 9.97 Å². The number of aromatic amines is 2. The van der Waals surface area contributed by atoms with Gasteiger partial charge in [-0.05, 0) is 60.9 Å². The Morgan fingerprint density at radius 1 is 0.767 bits per heavy atom. The number of carbonyl (C=O) groups is 2. The fourth-order valence-corrected chi connectivity index (χ4v) is 4.22. The number of aromatic nitrogens is 2. The van der Waals surface area contributed by atoms with E-state index in [9.17, 15) is 34.5 Å². The number of phenolic OH excluding ortho intramolecular Hbond substituents is 1. The molecule has 222 valence electrons. The Labute approximate surface area is 245 Å². The Kier molecular flexibility index (Phi) is 9.64. The van der Waals surface area contributed by atoms with Gasteiger partial charge in [0.15, 0.2) is 16.9 Å². The summed E-state index contributed by atoms with van der Waals surface area (Å²) in [5.74, 6) is 1.22. The van der Waals surface area contributed by atoms with Crippen LogP contribution in [0, 0.1) is 11.8 Å². The van der Waals surface area contributed by atoms with Crippen molar-refractivity contribution >= 4 is 17.6 Å². The quantitative estimate of drug-likeness (QED) is 0.163. The summed E-state index contributed by atoms with van der Waals surface area (Å²) >= 11 is 0. The van der Waals surface area contributed by atoms with Crippen molar-refractivity contribution in [3.8, 4) is 51.6 Å². The van der Waals surface area contributed by atoms with E-state index in [-0.39, 0.29) is 17.0 Å². The molecule has 2 heterocycles. The van der Waals surface area contributed by atoms with Crippen molar-refractivity contribution in [1.29, 1.82) is 0 Å². The van der Waals surface area contributed by atoms with Gasteiger partial charge in [-0.2, -0.15) is 0 Å². The third-order valence-corrected chi connectivity index (χ3v) is 6.34. The van der Waals surface area contributed by atoms with Crippen molar-refractivity contribution in [3.05, 3.63) is 91.5 Å². The van der Waals surface area contributed by atoms with Crippen molar-refractivity contribution < 1.29 is 35.1 Å². The van der Waals surface area contributed by atoms with Crippen LogP contribution in [0.15, 0.2) is 58.1 Å². The van der Waals surface area contributed by atoms with E-state index in [1.165, 1.54) is 12.1 Å². The lowest BCUT2D eigenvalue weighted by Crippen LogP contribution is -2.19. The molecule has 0 radical (unpaired) electrons. The van der Waals surface area contributed by atoms with Crippen LogP contribution in [0.3, 0.4) is 0 Å². The van der Waals surface area contributed by atoms with Gasteiger partial charge in [-0.15, -0.1) is 5.92 Å². The SMILES string of the molecule is CC#Cc1c(-c2ccc(N(C)C)cc2)[nH]c(=O)c(C(=O)O)c1O.CCc1c(-c2ccc(O)cc2)[nH]c(=O)c(C(=O)O)c1O. The number of benzene rings is 2. The highest BCUT2D eigenvalue weighted by Gasteiger charge is 2.23. The summed E-state index contributed by atoms with van der Waals surface area (Å²) in [4.78, 5) is 52.7. The number of nitrogens with zero attached hydrogens (tertiary/aromatic N) is 1. The zero-order chi connectivity index (χ0) is 32.0. The maximum absolute atomic E-state index is 12.0. The maximum Gasteiger partial charge on any atom is 0.345 e. The fourth-order valence-electron chi connectivity index (χ4n) is 4.22. The molecule has 0 saturated heterocycles. The van der Waals surface area contributed by atoms with Gasteiger partial charge in [0.1, 0.15) is 11.5 Å². The number of phenols is 1. The Bertz CT molecular complexity index is 1860. The van der Waals surface area contributed by atoms with Gasteiger partial charge in [0, 0.05) is 25.3 Å². The number of aromatic carboxylic acids is 2. The Hall–Kier alpha value is -5.96. The number of carboxylic acid groups (broad SMARTS) is 2. The van der Waals surface area contributed by atoms with E-state index in [0.29, 0.717) is 28.8 Å². The maximum atomic E-state index is 12.0. The average Bonchev–Trinajstić information content (AvgIpc) is 2.94. The van der Waals surface area contributed by atoms with Gasteiger partial charge in [-0.1, -0.05) is 25.0 Å². The van der Waals surface area contributed by atoms with Gasteiger partial charge in [0.25, 0.3) is 11.1 Å². The van der Waals surface area contributed by atoms with Crippen molar-refractivity contribution in [2.24, 2.45) is 0 Å². The predicted molar refractivity (Wildman–Crippen MR) is 160 cm³/mol. The first-order valence-corrected chi connectivity index (χ1v) is 12.8. The van der Waals surface area contributed by atoms with Crippen LogP contribution < -0.4 is 16.0 Å². The highest BCUT2D eigenvalue weighted by atomic mass is 16.4. The molecule has 12 nitrogen and oxygen atoms in total. The van der Waals surface area contributed by atoms with Crippen molar-refractivity contribution in [2.75, 3.05) is 19.0 Å². The minimum Gasteiger partial charge on any atom is -0.508 e. The van der Waals surface area contributed by atoms with Crippen LogP contribution >= 0.6 is 0 Å². The summed E-state index contributed by atoms with van der Waals surface area (Å²) in [7, 11) is 3.80. The molecule has 0 unspecified atom stereocenters. The Morgan fingerprint density at radius 3 is 1.70 bits per heavy atom. The zero-order valence-electron chi connectivity index (χ0n) is 23.6. The Morgan fingerprint density at radius 2 is 1.23 bits per heavy atom. The molecule has 0 spiro atoms. The van der Waals surface area contributed by atoms with Crippen LogP contribution in [0.25, 0.3) is 22.5 Å². The molecule has 2 aromatic heterocycles. The van der Waals surface area contributed by atoms with E-state index in [0.717, 1.165) is 5.69 Å². The molecule has 0 aliphatic carbocycles. The number of rotatable bonds is 6. The van der Waals surface area contributed by atoms with Gasteiger partial charge in [-0.25, -0.2) is 9.59 Å². The number of hydrogen-bond donors (Lipinski definition) is 7. The van der Waals surface area contributed by atoms with E-state index in [1.807, 2.05) is 31.1 Å². The molecule has 7 N–H and O–H groups in total. The molecule has 43 heavy (non-hydrogen) atoms. The first-order valence-electron chi connectivity index (χ1n) is 12.8. The molecule has 0 aliphatic rings. The number of H-pyrrole nitrogens is 2. The van der Waals surface area contributed by atoms with Crippen LogP contribution in [0.2, 0.25) is 0 Å². The van der Waals surface area contributed by atoms with Crippen LogP contribution in [0.4, 0.5) is 5.69 Å². The van der Waals surface area contributed by atoms with E-state index < -0.39 is 45.7 Å². The molecular weight excluding hydrogens is 558 g/mol. The van der Waals surface area contributed by atoms with E-state index in [2.05, 4.69) is 21.8 Å². The van der Waals surface area contributed by atoms with Crippen molar-refractivity contribution in [3.63, 3.8) is 0 Å². The molecule has 0 fully saturated rings. The molecule has 2 aromatic carbocycles. The minimum atomic E-state index is -1.50. The van der Waals surface area contributed by atoms with Gasteiger partial charge in [0.05, 0.1) is 17.0 Å². The van der Waals surface area contributed by atoms with Crippen molar-refractivity contribution in [2.45, 2.75) is 20.3 Å². The lowest BCUT2D eigenvalue weighted by Gasteiger charge is -2.14. The second-order valence-corrected chi connectivity index (χ2v) is 9.29. The summed E-state index contributed by atoms with van der Waals surface area (Å²) in [5.41, 5.74) is 0.110. The van der Waals surface area contributed by atoms with Crippen LogP contribution in [0.5, 0.6) is 17.2 Å². The molecule has 4 aromatic rings. The van der Waals surface area contributed by atoms with Gasteiger partial charge in [0.2, 0.25) is 0 Å². The number of aromatic hydroxyl groups is 3. The smallest absolute Gasteiger partial charge is 0.345 e. The molecule has 0 atom stereocenters. The van der Waals surface area contributed by atoms with Gasteiger partial charge >= 0.3 is 11.9 Å². The van der Waals surface area contributed by atoms with E-state index >= 15 is 0 Å².